The van der Waals surface area contributed by atoms with Crippen LogP contribution in [-0.4, -0.2) is 24.2 Å². The van der Waals surface area contributed by atoms with Crippen molar-refractivity contribution in [3.05, 3.63) is 75.3 Å². The van der Waals surface area contributed by atoms with Gasteiger partial charge in [0.05, 0.1) is 19.9 Å². The molecule has 5 heteroatoms. The van der Waals surface area contributed by atoms with Gasteiger partial charge < -0.3 is 14.5 Å². The first kappa shape index (κ1) is 20.5. The van der Waals surface area contributed by atoms with Crippen LogP contribution in [0.3, 0.4) is 0 Å². The van der Waals surface area contributed by atoms with Gasteiger partial charge >= 0.3 is 5.69 Å². The smallest absolute Gasteiger partial charge is 0.345 e. The molecule has 0 spiro atoms. The molecule has 0 saturated heterocycles. The minimum atomic E-state index is -0.246. The minimum absolute atomic E-state index is 0.0101. The number of ether oxygens (including phenoxy) is 2. The topological polar surface area (TPSA) is 64.2 Å². The van der Waals surface area contributed by atoms with Gasteiger partial charge in [-0.05, 0) is 103 Å². The third-order valence-electron chi connectivity index (χ3n) is 8.71. The van der Waals surface area contributed by atoms with Crippen LogP contribution in [0, 0.1) is 11.8 Å². The molecule has 3 aliphatic rings. The molecule has 1 N–H and O–H groups in total. The van der Waals surface area contributed by atoms with Crippen molar-refractivity contribution in [3.8, 4) is 22.8 Å². The second-order valence-corrected chi connectivity index (χ2v) is 10.1. The number of hydrogen-bond acceptors (Lipinski definition) is 4. The van der Waals surface area contributed by atoms with Gasteiger partial charge in [-0.25, -0.2) is 4.79 Å². The molecule has 170 valence electrons. The second kappa shape index (κ2) is 7.47. The highest BCUT2D eigenvalue weighted by Crippen LogP contribution is 2.60. The zero-order valence-corrected chi connectivity index (χ0v) is 19.5. The maximum Gasteiger partial charge on any atom is 0.345 e. The number of aromatic nitrogens is 2. The predicted molar refractivity (Wildman–Crippen MR) is 128 cm³/mol. The number of rotatable bonds is 3. The van der Waals surface area contributed by atoms with Crippen molar-refractivity contribution in [2.75, 3.05) is 14.2 Å². The zero-order valence-electron chi connectivity index (χ0n) is 19.5. The van der Waals surface area contributed by atoms with Gasteiger partial charge in [-0.2, -0.15) is 4.98 Å². The van der Waals surface area contributed by atoms with E-state index in [1.165, 1.54) is 23.1 Å². The number of fused-ring (bicyclic) bond motifs is 7. The van der Waals surface area contributed by atoms with Crippen molar-refractivity contribution in [1.82, 2.24) is 9.97 Å². The van der Waals surface area contributed by atoms with Crippen LogP contribution < -0.4 is 15.2 Å². The van der Waals surface area contributed by atoms with Crippen LogP contribution in [0.4, 0.5) is 0 Å². The summed E-state index contributed by atoms with van der Waals surface area (Å²) in [4.78, 5) is 20.3. The lowest BCUT2D eigenvalue weighted by Gasteiger charge is -2.49. The van der Waals surface area contributed by atoms with Gasteiger partial charge in [0.15, 0.2) is 0 Å². The minimum Gasteiger partial charge on any atom is -0.497 e. The number of nitrogens with one attached hydrogen (secondary N) is 1. The van der Waals surface area contributed by atoms with Crippen molar-refractivity contribution in [2.24, 2.45) is 11.8 Å². The SMILES string of the molecule is COc1ccc(-c2nc(=O)[nH]c3c2C[C@H]2[C@@H]4CCc5cc(OC)ccc5[C@H]4CC[C@]32C)cc1. The molecule has 0 unspecified atom stereocenters. The van der Waals surface area contributed by atoms with Crippen LogP contribution in [0.5, 0.6) is 11.5 Å². The van der Waals surface area contributed by atoms with Crippen LogP contribution in [0.1, 0.15) is 54.5 Å². The first-order valence-electron chi connectivity index (χ1n) is 12.0. The molecule has 4 atom stereocenters. The molecule has 0 bridgehead atoms. The molecule has 33 heavy (non-hydrogen) atoms. The Morgan fingerprint density at radius 3 is 2.55 bits per heavy atom. The molecule has 3 aromatic rings. The van der Waals surface area contributed by atoms with E-state index in [0.717, 1.165) is 54.1 Å². The maximum atomic E-state index is 12.7. The fourth-order valence-corrected chi connectivity index (χ4v) is 7.08. The zero-order chi connectivity index (χ0) is 22.7. The Morgan fingerprint density at radius 1 is 1.03 bits per heavy atom. The van der Waals surface area contributed by atoms with Crippen molar-refractivity contribution in [2.45, 2.75) is 50.4 Å². The number of methoxy groups -OCH3 is 2. The average molecular weight is 443 g/mol. The molecule has 2 aromatic carbocycles. The number of aromatic amines is 1. The highest BCUT2D eigenvalue weighted by atomic mass is 16.5. The Balaban J connectivity index is 1.41. The summed E-state index contributed by atoms with van der Waals surface area (Å²) in [6.45, 7) is 2.37. The van der Waals surface area contributed by atoms with Crippen LogP contribution in [0.25, 0.3) is 11.3 Å². The van der Waals surface area contributed by atoms with Crippen LogP contribution >= 0.6 is 0 Å². The average Bonchev–Trinajstić information content (AvgIpc) is 3.15. The van der Waals surface area contributed by atoms with E-state index in [4.69, 9.17) is 9.47 Å². The van der Waals surface area contributed by atoms with Gasteiger partial charge in [0.2, 0.25) is 0 Å². The molecule has 1 fully saturated rings. The van der Waals surface area contributed by atoms with E-state index in [-0.39, 0.29) is 11.1 Å². The van der Waals surface area contributed by atoms with Gasteiger partial charge in [-0.1, -0.05) is 13.0 Å². The van der Waals surface area contributed by atoms with E-state index in [0.29, 0.717) is 17.8 Å². The predicted octanol–water partition coefficient (Wildman–Crippen LogP) is 5.02. The quantitative estimate of drug-likeness (QED) is 0.618. The van der Waals surface area contributed by atoms with E-state index in [2.05, 4.69) is 35.1 Å². The molecular weight excluding hydrogens is 412 g/mol. The molecule has 1 saturated carbocycles. The summed E-state index contributed by atoms with van der Waals surface area (Å²) >= 11 is 0. The Morgan fingerprint density at radius 2 is 1.79 bits per heavy atom. The third kappa shape index (κ3) is 3.05. The third-order valence-corrected chi connectivity index (χ3v) is 8.71. The highest BCUT2D eigenvalue weighted by Gasteiger charge is 2.54. The van der Waals surface area contributed by atoms with E-state index in [9.17, 15) is 4.79 Å². The molecule has 0 aliphatic heterocycles. The first-order valence-corrected chi connectivity index (χ1v) is 12.0. The molecule has 6 rings (SSSR count). The number of H-pyrrole nitrogens is 1. The lowest BCUT2D eigenvalue weighted by Crippen LogP contribution is -2.43. The fourth-order valence-electron chi connectivity index (χ4n) is 7.08. The summed E-state index contributed by atoms with van der Waals surface area (Å²) in [5.74, 6) is 3.47. The van der Waals surface area contributed by atoms with Gasteiger partial charge in [-0.15, -0.1) is 0 Å². The molecule has 3 aliphatic carbocycles. The van der Waals surface area contributed by atoms with Crippen molar-refractivity contribution >= 4 is 0 Å². The number of hydrogen-bond donors (Lipinski definition) is 1. The lowest BCUT2D eigenvalue weighted by atomic mass is 9.55. The molecule has 0 amide bonds. The first-order chi connectivity index (χ1) is 16.0. The van der Waals surface area contributed by atoms with Gasteiger partial charge in [0.25, 0.3) is 0 Å². The van der Waals surface area contributed by atoms with Gasteiger partial charge in [0.1, 0.15) is 11.5 Å². The van der Waals surface area contributed by atoms with Crippen molar-refractivity contribution in [1.29, 1.82) is 0 Å². The number of benzene rings is 2. The van der Waals surface area contributed by atoms with Crippen LogP contribution in [-0.2, 0) is 18.3 Å². The van der Waals surface area contributed by atoms with E-state index >= 15 is 0 Å². The van der Waals surface area contributed by atoms with Gasteiger partial charge in [-0.3, -0.25) is 0 Å². The van der Waals surface area contributed by atoms with E-state index < -0.39 is 0 Å². The summed E-state index contributed by atoms with van der Waals surface area (Å²) in [5, 5.41) is 0. The highest BCUT2D eigenvalue weighted by molar-refractivity contribution is 5.66. The van der Waals surface area contributed by atoms with Crippen molar-refractivity contribution < 1.29 is 9.47 Å². The second-order valence-electron chi connectivity index (χ2n) is 10.1. The molecule has 1 heterocycles. The summed E-state index contributed by atoms with van der Waals surface area (Å²) in [6, 6.07) is 14.5. The molecule has 5 nitrogen and oxygen atoms in total. The largest absolute Gasteiger partial charge is 0.497 e. The summed E-state index contributed by atoms with van der Waals surface area (Å²) in [6.07, 6.45) is 5.49. The van der Waals surface area contributed by atoms with Crippen molar-refractivity contribution in [3.63, 3.8) is 0 Å². The Kier molecular flexibility index (Phi) is 4.65. The van der Waals surface area contributed by atoms with Gasteiger partial charge in [0, 0.05) is 16.7 Å². The Bertz CT molecular complexity index is 1280. The Hall–Kier alpha value is -3.08. The normalized spacial score (nSPS) is 27.2. The number of aryl methyl sites for hydroxylation is 1. The van der Waals surface area contributed by atoms with Crippen LogP contribution in [0.15, 0.2) is 47.3 Å². The summed E-state index contributed by atoms with van der Waals surface area (Å²) in [5.41, 5.74) is 6.87. The standard InChI is InChI=1S/C28H30N2O3/c1-28-13-12-21-20-11-9-19(33-3)14-17(20)6-10-22(21)24(28)15-23-25(29-27(31)30-26(23)28)16-4-7-18(32-2)8-5-16/h4-5,7-9,11,14,21-22,24H,6,10,12-13,15H2,1-3H3,(H,29,30,31)/t21-,22-,24+,28+/m1/s1. The van der Waals surface area contributed by atoms with E-state index in [1.807, 2.05) is 24.3 Å². The summed E-state index contributed by atoms with van der Waals surface area (Å²) in [7, 11) is 3.41. The van der Waals surface area contributed by atoms with Crippen LogP contribution in [0.2, 0.25) is 0 Å². The fraction of sp³-hybridized carbons (Fsp3) is 0.429. The molecule has 1 aromatic heterocycles. The maximum absolute atomic E-state index is 12.7. The van der Waals surface area contributed by atoms with E-state index in [1.54, 1.807) is 14.2 Å². The monoisotopic (exact) mass is 442 g/mol. The lowest BCUT2D eigenvalue weighted by molar-refractivity contribution is 0.104. The molecule has 0 radical (unpaired) electrons. The number of nitrogens with zero attached hydrogens (tertiary/aromatic N) is 1. The summed E-state index contributed by atoms with van der Waals surface area (Å²) < 4.78 is 10.8. The molecular formula is C28H30N2O3. The Labute approximate surface area is 194 Å².